The Hall–Kier alpha value is -2.24. The number of carbonyl (C=O) groups is 1. The van der Waals surface area contributed by atoms with Gasteiger partial charge in [-0.15, -0.1) is 11.3 Å². The average Bonchev–Trinajstić information content (AvgIpc) is 2.98. The van der Waals surface area contributed by atoms with Crippen molar-refractivity contribution in [2.75, 3.05) is 5.32 Å². The number of anilines is 1. The van der Waals surface area contributed by atoms with Gasteiger partial charge in [0.15, 0.2) is 5.13 Å². The Kier molecular flexibility index (Phi) is 4.69. The van der Waals surface area contributed by atoms with Crippen LogP contribution in [0.2, 0.25) is 5.02 Å². The summed E-state index contributed by atoms with van der Waals surface area (Å²) in [5.41, 5.74) is 2.06. The maximum Gasteiger partial charge on any atom is 0.230 e. The normalized spacial score (nSPS) is 10.5. The van der Waals surface area contributed by atoms with E-state index in [-0.39, 0.29) is 18.1 Å². The molecule has 0 aliphatic rings. The van der Waals surface area contributed by atoms with Gasteiger partial charge in [0, 0.05) is 16.0 Å². The number of halogens is 2. The first-order valence-corrected chi connectivity index (χ1v) is 8.12. The van der Waals surface area contributed by atoms with Crippen LogP contribution in [0.5, 0.6) is 0 Å². The number of hydrogen-bond acceptors (Lipinski definition) is 3. The van der Waals surface area contributed by atoms with Gasteiger partial charge in [0.05, 0.1) is 12.1 Å². The molecular weight excluding hydrogens is 335 g/mol. The van der Waals surface area contributed by atoms with E-state index in [4.69, 9.17) is 11.6 Å². The summed E-state index contributed by atoms with van der Waals surface area (Å²) in [7, 11) is 0. The van der Waals surface area contributed by atoms with Gasteiger partial charge in [0.1, 0.15) is 5.82 Å². The fourth-order valence-electron chi connectivity index (χ4n) is 2.09. The van der Waals surface area contributed by atoms with E-state index in [9.17, 15) is 9.18 Å². The first kappa shape index (κ1) is 15.6. The Morgan fingerprint density at radius 3 is 2.83 bits per heavy atom. The highest BCUT2D eigenvalue weighted by Gasteiger charge is 2.10. The summed E-state index contributed by atoms with van der Waals surface area (Å²) in [5, 5.41) is 5.55. The summed E-state index contributed by atoms with van der Waals surface area (Å²) in [4.78, 5) is 16.4. The molecule has 1 N–H and O–H groups in total. The van der Waals surface area contributed by atoms with Crippen LogP contribution >= 0.6 is 22.9 Å². The molecule has 0 aliphatic heterocycles. The summed E-state index contributed by atoms with van der Waals surface area (Å²) in [6.45, 7) is 0. The van der Waals surface area contributed by atoms with Gasteiger partial charge in [-0.3, -0.25) is 4.79 Å². The second-order valence-corrected chi connectivity index (χ2v) is 6.13. The Labute approximate surface area is 141 Å². The Bertz CT molecular complexity index is 850. The number of hydrogen-bond donors (Lipinski definition) is 1. The Balaban J connectivity index is 1.69. The van der Waals surface area contributed by atoms with Crippen LogP contribution in [0.3, 0.4) is 0 Å². The minimum Gasteiger partial charge on any atom is -0.302 e. The highest BCUT2D eigenvalue weighted by atomic mass is 35.5. The number of nitrogens with zero attached hydrogens (tertiary/aromatic N) is 1. The molecule has 3 nitrogen and oxygen atoms in total. The van der Waals surface area contributed by atoms with Crippen molar-refractivity contribution in [3.63, 3.8) is 0 Å². The number of carbonyl (C=O) groups excluding carboxylic acids is 1. The first-order valence-electron chi connectivity index (χ1n) is 6.86. The van der Waals surface area contributed by atoms with Crippen molar-refractivity contribution < 1.29 is 9.18 Å². The molecule has 23 heavy (non-hydrogen) atoms. The van der Waals surface area contributed by atoms with E-state index in [1.165, 1.54) is 23.5 Å². The third-order valence-corrected chi connectivity index (χ3v) is 4.31. The smallest absolute Gasteiger partial charge is 0.230 e. The minimum absolute atomic E-state index is 0.175. The third-order valence-electron chi connectivity index (χ3n) is 3.18. The lowest BCUT2D eigenvalue weighted by Crippen LogP contribution is -2.14. The van der Waals surface area contributed by atoms with Gasteiger partial charge in [0.25, 0.3) is 0 Å². The maximum absolute atomic E-state index is 13.2. The van der Waals surface area contributed by atoms with Crippen molar-refractivity contribution in [2.24, 2.45) is 0 Å². The molecule has 1 aromatic heterocycles. The van der Waals surface area contributed by atoms with Gasteiger partial charge in [-0.2, -0.15) is 0 Å². The van der Waals surface area contributed by atoms with Crippen molar-refractivity contribution >= 4 is 34.0 Å². The van der Waals surface area contributed by atoms with Crippen LogP contribution in [-0.2, 0) is 11.2 Å². The molecule has 3 aromatic rings. The maximum atomic E-state index is 13.2. The quantitative estimate of drug-likeness (QED) is 0.738. The highest BCUT2D eigenvalue weighted by Crippen LogP contribution is 2.25. The zero-order valence-corrected chi connectivity index (χ0v) is 13.5. The molecule has 6 heteroatoms. The van der Waals surface area contributed by atoms with Crippen LogP contribution in [0, 0.1) is 5.82 Å². The molecule has 0 saturated carbocycles. The first-order chi connectivity index (χ1) is 11.1. The lowest BCUT2D eigenvalue weighted by atomic mass is 10.1. The highest BCUT2D eigenvalue weighted by molar-refractivity contribution is 7.14. The third kappa shape index (κ3) is 3.94. The molecule has 0 spiro atoms. The average molecular weight is 347 g/mol. The van der Waals surface area contributed by atoms with Gasteiger partial charge >= 0.3 is 0 Å². The molecule has 2 aromatic carbocycles. The van der Waals surface area contributed by atoms with E-state index in [1.54, 1.807) is 23.6 Å². The Morgan fingerprint density at radius 1 is 1.22 bits per heavy atom. The monoisotopic (exact) mass is 346 g/mol. The van der Waals surface area contributed by atoms with E-state index >= 15 is 0 Å². The van der Waals surface area contributed by atoms with E-state index < -0.39 is 0 Å². The lowest BCUT2D eigenvalue weighted by molar-refractivity contribution is -0.115. The Morgan fingerprint density at radius 2 is 2.04 bits per heavy atom. The van der Waals surface area contributed by atoms with Gasteiger partial charge in [-0.1, -0.05) is 41.9 Å². The number of rotatable bonds is 4. The largest absolute Gasteiger partial charge is 0.302 e. The second-order valence-electron chi connectivity index (χ2n) is 4.86. The fourth-order valence-corrected chi connectivity index (χ4v) is 3.03. The molecule has 0 fully saturated rings. The fraction of sp³-hybridized carbons (Fsp3) is 0.0588. The van der Waals surface area contributed by atoms with Gasteiger partial charge < -0.3 is 5.32 Å². The molecule has 1 amide bonds. The summed E-state index contributed by atoms with van der Waals surface area (Å²) >= 11 is 7.34. The molecule has 1 heterocycles. The second kappa shape index (κ2) is 6.89. The van der Waals surface area contributed by atoms with Crippen molar-refractivity contribution in [3.8, 4) is 11.3 Å². The zero-order valence-electron chi connectivity index (χ0n) is 11.9. The van der Waals surface area contributed by atoms with Gasteiger partial charge in [-0.25, -0.2) is 9.37 Å². The molecule has 116 valence electrons. The SMILES string of the molecule is O=C(Cc1ccccc1Cl)Nc1nc(-c2cccc(F)c2)cs1. The van der Waals surface area contributed by atoms with Crippen LogP contribution in [0.25, 0.3) is 11.3 Å². The lowest BCUT2D eigenvalue weighted by Gasteiger charge is -2.04. The molecule has 0 unspecified atom stereocenters. The summed E-state index contributed by atoms with van der Waals surface area (Å²) in [6.07, 6.45) is 0.175. The number of aromatic nitrogens is 1. The molecule has 0 atom stereocenters. The van der Waals surface area contributed by atoms with E-state index in [0.717, 1.165) is 5.56 Å². The van der Waals surface area contributed by atoms with Gasteiger partial charge in [-0.05, 0) is 23.8 Å². The number of benzene rings is 2. The summed E-state index contributed by atoms with van der Waals surface area (Å²) < 4.78 is 13.2. The molecule has 3 rings (SSSR count). The summed E-state index contributed by atoms with van der Waals surface area (Å²) in [6, 6.07) is 13.4. The molecule has 0 aliphatic carbocycles. The van der Waals surface area contributed by atoms with Crippen molar-refractivity contribution in [1.82, 2.24) is 4.98 Å². The number of amides is 1. The molecule has 0 bridgehead atoms. The van der Waals surface area contributed by atoms with E-state index in [1.807, 2.05) is 18.2 Å². The van der Waals surface area contributed by atoms with E-state index in [0.29, 0.717) is 21.4 Å². The predicted molar refractivity (Wildman–Crippen MR) is 91.3 cm³/mol. The topological polar surface area (TPSA) is 42.0 Å². The number of nitrogens with one attached hydrogen (secondary N) is 1. The van der Waals surface area contributed by atoms with Crippen LogP contribution in [0.15, 0.2) is 53.9 Å². The zero-order chi connectivity index (χ0) is 16.2. The predicted octanol–water partition coefficient (Wildman–Crippen LogP) is 4.78. The van der Waals surface area contributed by atoms with Crippen LogP contribution < -0.4 is 5.32 Å². The molecular formula is C17H12ClFN2OS. The van der Waals surface area contributed by atoms with Gasteiger partial charge in [0.2, 0.25) is 5.91 Å². The van der Waals surface area contributed by atoms with E-state index in [2.05, 4.69) is 10.3 Å². The van der Waals surface area contributed by atoms with Crippen molar-refractivity contribution in [2.45, 2.75) is 6.42 Å². The number of thiazole rings is 1. The minimum atomic E-state index is -0.320. The van der Waals surface area contributed by atoms with Crippen LogP contribution in [0.1, 0.15) is 5.56 Å². The van der Waals surface area contributed by atoms with Crippen LogP contribution in [-0.4, -0.2) is 10.9 Å². The molecule has 0 radical (unpaired) electrons. The van der Waals surface area contributed by atoms with Crippen molar-refractivity contribution in [3.05, 3.63) is 70.3 Å². The van der Waals surface area contributed by atoms with Crippen molar-refractivity contribution in [1.29, 1.82) is 0 Å². The molecule has 0 saturated heterocycles. The van der Waals surface area contributed by atoms with Crippen LogP contribution in [0.4, 0.5) is 9.52 Å². The summed E-state index contributed by atoms with van der Waals surface area (Å²) in [5.74, 6) is -0.516. The standard InChI is InChI=1S/C17H12ClFN2OS/c18-14-7-2-1-4-11(14)9-16(22)21-17-20-15(10-23-17)12-5-3-6-13(19)8-12/h1-8,10H,9H2,(H,20,21,22).